The Hall–Kier alpha value is -2.91. The third-order valence-corrected chi connectivity index (χ3v) is 6.01. The number of fused-ring (bicyclic) bond motifs is 2. The summed E-state index contributed by atoms with van der Waals surface area (Å²) in [5.41, 5.74) is 7.02. The first-order valence-electron chi connectivity index (χ1n) is 9.98. The molecule has 156 valence electrons. The summed E-state index contributed by atoms with van der Waals surface area (Å²) in [6, 6.07) is 0. The number of amides is 3. The number of ether oxygens (including phenoxy) is 1. The molecule has 3 N–H and O–H groups in total. The smallest absolute Gasteiger partial charge is 0.410 e. The second-order valence-corrected chi connectivity index (χ2v) is 8.00. The molecule has 29 heavy (non-hydrogen) atoms. The van der Waals surface area contributed by atoms with Gasteiger partial charge in [0, 0.05) is 24.1 Å². The van der Waals surface area contributed by atoms with E-state index >= 15 is 0 Å². The summed E-state index contributed by atoms with van der Waals surface area (Å²) in [5, 5.41) is 3.03. The maximum atomic E-state index is 12.8. The van der Waals surface area contributed by atoms with Crippen molar-refractivity contribution in [2.75, 3.05) is 44.6 Å². The standard InChI is InChI=1S/C19H26N6O4/c1-12-22-16-13(17(23-12)21-9-14(20)26)3-5-19(16)4-2-6-25(11-19)15(27)10-24-7-8-29-18(24)28/h2-11H2,1H3,(H2,20,26)(H,21,22,23). The highest BCUT2D eigenvalue weighted by atomic mass is 16.6. The van der Waals surface area contributed by atoms with Crippen LogP contribution < -0.4 is 11.1 Å². The van der Waals surface area contributed by atoms with Gasteiger partial charge in [-0.3, -0.25) is 14.5 Å². The molecule has 0 bridgehead atoms. The van der Waals surface area contributed by atoms with Gasteiger partial charge in [-0.2, -0.15) is 0 Å². The van der Waals surface area contributed by atoms with E-state index in [-0.39, 0.29) is 24.4 Å². The van der Waals surface area contributed by atoms with Crippen molar-refractivity contribution in [1.82, 2.24) is 19.8 Å². The molecule has 3 amide bonds. The second kappa shape index (κ2) is 7.49. The van der Waals surface area contributed by atoms with Gasteiger partial charge in [0.1, 0.15) is 24.8 Å². The molecule has 4 rings (SSSR count). The molecule has 2 fully saturated rings. The van der Waals surface area contributed by atoms with Crippen LogP contribution in [-0.2, 0) is 26.2 Å². The molecule has 1 aromatic rings. The Morgan fingerprint density at radius 1 is 1.28 bits per heavy atom. The van der Waals surface area contributed by atoms with Gasteiger partial charge in [0.25, 0.3) is 0 Å². The molecule has 1 aromatic heterocycles. The largest absolute Gasteiger partial charge is 0.448 e. The Bertz CT molecular complexity index is 859. The fourth-order valence-corrected chi connectivity index (χ4v) is 4.65. The molecule has 0 saturated carbocycles. The van der Waals surface area contributed by atoms with E-state index in [4.69, 9.17) is 15.5 Å². The van der Waals surface area contributed by atoms with E-state index in [0.717, 1.165) is 36.9 Å². The zero-order valence-corrected chi connectivity index (χ0v) is 16.6. The lowest BCUT2D eigenvalue weighted by molar-refractivity contribution is -0.134. The van der Waals surface area contributed by atoms with Gasteiger partial charge in [0.05, 0.1) is 18.8 Å². The molecular weight excluding hydrogens is 376 g/mol. The van der Waals surface area contributed by atoms with Crippen molar-refractivity contribution in [2.24, 2.45) is 5.73 Å². The number of primary amides is 1. The average molecular weight is 402 g/mol. The Morgan fingerprint density at radius 3 is 2.83 bits per heavy atom. The second-order valence-electron chi connectivity index (χ2n) is 8.00. The molecule has 3 heterocycles. The molecule has 1 unspecified atom stereocenters. The lowest BCUT2D eigenvalue weighted by Gasteiger charge is -2.41. The monoisotopic (exact) mass is 402 g/mol. The van der Waals surface area contributed by atoms with Crippen LogP contribution in [0.3, 0.4) is 0 Å². The fourth-order valence-electron chi connectivity index (χ4n) is 4.65. The van der Waals surface area contributed by atoms with Gasteiger partial charge in [-0.15, -0.1) is 0 Å². The molecule has 1 aliphatic carbocycles. The van der Waals surface area contributed by atoms with Crippen molar-refractivity contribution in [3.63, 3.8) is 0 Å². The van der Waals surface area contributed by atoms with Gasteiger partial charge in [-0.25, -0.2) is 14.8 Å². The van der Waals surface area contributed by atoms with E-state index in [1.54, 1.807) is 0 Å². The van der Waals surface area contributed by atoms with E-state index in [1.165, 1.54) is 4.90 Å². The molecule has 0 radical (unpaired) electrons. The number of piperidine rings is 1. The minimum Gasteiger partial charge on any atom is -0.448 e. The fraction of sp³-hybridized carbons (Fsp3) is 0.632. The van der Waals surface area contributed by atoms with Crippen molar-refractivity contribution in [1.29, 1.82) is 0 Å². The Morgan fingerprint density at radius 2 is 2.10 bits per heavy atom. The van der Waals surface area contributed by atoms with Crippen LogP contribution in [0.4, 0.5) is 10.6 Å². The van der Waals surface area contributed by atoms with Gasteiger partial charge in [0.2, 0.25) is 11.8 Å². The van der Waals surface area contributed by atoms with Crippen LogP contribution >= 0.6 is 0 Å². The van der Waals surface area contributed by atoms with Crippen molar-refractivity contribution in [3.8, 4) is 0 Å². The van der Waals surface area contributed by atoms with E-state index in [0.29, 0.717) is 37.9 Å². The number of hydrogen-bond acceptors (Lipinski definition) is 7. The highest BCUT2D eigenvalue weighted by Crippen LogP contribution is 2.45. The van der Waals surface area contributed by atoms with E-state index in [9.17, 15) is 14.4 Å². The number of anilines is 1. The van der Waals surface area contributed by atoms with Crippen LogP contribution in [0.25, 0.3) is 0 Å². The number of cyclic esters (lactones) is 1. The van der Waals surface area contributed by atoms with Crippen LogP contribution in [0.2, 0.25) is 0 Å². The van der Waals surface area contributed by atoms with Crippen LogP contribution in [0, 0.1) is 6.92 Å². The zero-order valence-electron chi connectivity index (χ0n) is 16.6. The van der Waals surface area contributed by atoms with E-state index in [1.807, 2.05) is 11.8 Å². The van der Waals surface area contributed by atoms with Gasteiger partial charge >= 0.3 is 6.09 Å². The van der Waals surface area contributed by atoms with E-state index in [2.05, 4.69) is 10.3 Å². The number of nitrogens with two attached hydrogens (primary N) is 1. The van der Waals surface area contributed by atoms with Crippen LogP contribution in [0.15, 0.2) is 0 Å². The van der Waals surface area contributed by atoms with Crippen molar-refractivity contribution in [3.05, 3.63) is 17.1 Å². The molecule has 10 nitrogen and oxygen atoms in total. The number of hydrogen-bond donors (Lipinski definition) is 2. The molecular formula is C19H26N6O4. The third kappa shape index (κ3) is 3.70. The summed E-state index contributed by atoms with van der Waals surface area (Å²) in [4.78, 5) is 48.2. The lowest BCUT2D eigenvalue weighted by atomic mass is 9.77. The Kier molecular flexibility index (Phi) is 5.01. The first-order valence-corrected chi connectivity index (χ1v) is 9.98. The van der Waals surface area contributed by atoms with Crippen molar-refractivity contribution < 1.29 is 19.1 Å². The number of aromatic nitrogens is 2. The summed E-state index contributed by atoms with van der Waals surface area (Å²) in [6.07, 6.45) is 3.06. The molecule has 1 atom stereocenters. The van der Waals surface area contributed by atoms with E-state index < -0.39 is 12.0 Å². The number of carbonyl (C=O) groups excluding carboxylic acids is 3. The van der Waals surface area contributed by atoms with Crippen molar-refractivity contribution in [2.45, 2.75) is 38.0 Å². The summed E-state index contributed by atoms with van der Waals surface area (Å²) in [7, 11) is 0. The summed E-state index contributed by atoms with van der Waals surface area (Å²) < 4.78 is 4.92. The number of likely N-dealkylation sites (tertiary alicyclic amines) is 1. The molecule has 1 spiro atoms. The normalized spacial score (nSPS) is 23.3. The van der Waals surface area contributed by atoms with Gasteiger partial charge in [0.15, 0.2) is 0 Å². The summed E-state index contributed by atoms with van der Waals surface area (Å²) >= 11 is 0. The van der Waals surface area contributed by atoms with Crippen LogP contribution in [-0.4, -0.2) is 77.0 Å². The molecule has 2 saturated heterocycles. The highest BCUT2D eigenvalue weighted by molar-refractivity contribution is 5.83. The Balaban J connectivity index is 1.54. The lowest BCUT2D eigenvalue weighted by Crippen LogP contribution is -2.50. The maximum Gasteiger partial charge on any atom is 0.410 e. The van der Waals surface area contributed by atoms with Gasteiger partial charge in [-0.1, -0.05) is 0 Å². The average Bonchev–Trinajstić information content (AvgIpc) is 3.24. The molecule has 10 heteroatoms. The number of rotatable bonds is 5. The number of carbonyl (C=O) groups is 3. The van der Waals surface area contributed by atoms with Gasteiger partial charge in [-0.05, 0) is 32.6 Å². The summed E-state index contributed by atoms with van der Waals surface area (Å²) in [5.74, 6) is 0.776. The maximum absolute atomic E-state index is 12.8. The van der Waals surface area contributed by atoms with Crippen LogP contribution in [0.5, 0.6) is 0 Å². The predicted octanol–water partition coefficient (Wildman–Crippen LogP) is -0.0592. The quantitative estimate of drug-likeness (QED) is 0.705. The highest BCUT2D eigenvalue weighted by Gasteiger charge is 2.46. The first-order chi connectivity index (χ1) is 13.9. The number of nitrogens with zero attached hydrogens (tertiary/aromatic N) is 4. The third-order valence-electron chi connectivity index (χ3n) is 6.01. The molecule has 3 aliphatic rings. The number of nitrogens with one attached hydrogen (secondary N) is 1. The minimum atomic E-state index is -0.447. The predicted molar refractivity (Wildman–Crippen MR) is 103 cm³/mol. The topological polar surface area (TPSA) is 131 Å². The minimum absolute atomic E-state index is 0.0203. The molecule has 0 aromatic carbocycles. The van der Waals surface area contributed by atoms with Crippen LogP contribution in [0.1, 0.15) is 36.3 Å². The Labute approximate surface area is 168 Å². The number of aryl methyl sites for hydroxylation is 1. The SMILES string of the molecule is Cc1nc(NCC(N)=O)c2c(n1)C1(CCCN(C(=O)CN3CCOC3=O)C1)CC2. The molecule has 2 aliphatic heterocycles. The van der Waals surface area contributed by atoms with Crippen molar-refractivity contribution >= 4 is 23.7 Å². The first kappa shape index (κ1) is 19.4. The summed E-state index contributed by atoms with van der Waals surface area (Å²) in [6.45, 7) is 3.94. The zero-order chi connectivity index (χ0) is 20.6. The van der Waals surface area contributed by atoms with Gasteiger partial charge < -0.3 is 20.7 Å².